The Morgan fingerprint density at radius 1 is 1.33 bits per heavy atom. The summed E-state index contributed by atoms with van der Waals surface area (Å²) in [5.74, 6) is 0. The minimum atomic E-state index is 0.381. The maximum Gasteiger partial charge on any atom is 0.0630 e. The third-order valence-electron chi connectivity index (χ3n) is 2.23. The van der Waals surface area contributed by atoms with Crippen molar-refractivity contribution in [1.29, 1.82) is 0 Å². The van der Waals surface area contributed by atoms with Crippen LogP contribution in [0, 0.1) is 0 Å². The van der Waals surface area contributed by atoms with E-state index in [2.05, 4.69) is 30.3 Å². The summed E-state index contributed by atoms with van der Waals surface area (Å²) < 4.78 is 5.22. The van der Waals surface area contributed by atoms with Gasteiger partial charge in [-0.25, -0.2) is 0 Å². The molecule has 0 radical (unpaired) electrons. The molecule has 0 spiro atoms. The second kappa shape index (κ2) is 9.90. The predicted molar refractivity (Wildman–Crippen MR) is 66.2 cm³/mol. The average Bonchev–Trinajstić information content (AvgIpc) is 2.24. The first-order chi connectivity index (χ1) is 7.29. The van der Waals surface area contributed by atoms with E-state index in [4.69, 9.17) is 4.74 Å². The van der Waals surface area contributed by atoms with Gasteiger partial charge in [0.1, 0.15) is 0 Å². The lowest BCUT2D eigenvalue weighted by atomic mass is 10.2. The number of rotatable bonds is 10. The fourth-order valence-corrected chi connectivity index (χ4v) is 1.50. The van der Waals surface area contributed by atoms with Gasteiger partial charge in [-0.3, -0.25) is 4.90 Å². The van der Waals surface area contributed by atoms with Crippen LogP contribution in [0.1, 0.15) is 6.92 Å². The molecule has 0 aliphatic carbocycles. The van der Waals surface area contributed by atoms with Crippen LogP contribution < -0.4 is 5.32 Å². The van der Waals surface area contributed by atoms with Crippen molar-refractivity contribution in [2.45, 2.75) is 13.0 Å². The molecule has 0 aromatic carbocycles. The number of hydrogen-bond donors (Lipinski definition) is 1. The molecule has 0 aromatic rings. The normalized spacial score (nSPS) is 12.7. The van der Waals surface area contributed by atoms with Crippen LogP contribution in [0.3, 0.4) is 0 Å². The third kappa shape index (κ3) is 6.44. The molecule has 0 aromatic heterocycles. The van der Waals surface area contributed by atoms with Gasteiger partial charge in [0.2, 0.25) is 0 Å². The first-order valence-corrected chi connectivity index (χ1v) is 5.45. The molecule has 0 bridgehead atoms. The molecular weight excluding hydrogens is 188 g/mol. The number of nitrogens with zero attached hydrogens (tertiary/aromatic N) is 1. The van der Waals surface area contributed by atoms with E-state index in [0.29, 0.717) is 6.04 Å². The molecule has 1 atom stereocenters. The van der Waals surface area contributed by atoms with E-state index in [1.165, 1.54) is 0 Å². The highest BCUT2D eigenvalue weighted by Crippen LogP contribution is 2.00. The monoisotopic (exact) mass is 212 g/mol. The van der Waals surface area contributed by atoms with Crippen LogP contribution >= 0.6 is 0 Å². The molecule has 1 unspecified atom stereocenters. The number of ether oxygens (including phenoxy) is 1. The molecule has 0 saturated carbocycles. The summed E-state index contributed by atoms with van der Waals surface area (Å²) in [6, 6.07) is 0.381. The van der Waals surface area contributed by atoms with E-state index in [0.717, 1.165) is 32.8 Å². The van der Waals surface area contributed by atoms with Gasteiger partial charge in [0.15, 0.2) is 0 Å². The van der Waals surface area contributed by atoms with Gasteiger partial charge >= 0.3 is 0 Å². The highest BCUT2D eigenvalue weighted by Gasteiger charge is 2.15. The fraction of sp³-hybridized carbons (Fsp3) is 0.667. The first kappa shape index (κ1) is 14.4. The van der Waals surface area contributed by atoms with E-state index in [1.54, 1.807) is 7.11 Å². The molecule has 15 heavy (non-hydrogen) atoms. The van der Waals surface area contributed by atoms with Gasteiger partial charge in [-0.05, 0) is 6.54 Å². The lowest BCUT2D eigenvalue weighted by molar-refractivity contribution is 0.104. The minimum Gasteiger partial charge on any atom is -0.383 e. The van der Waals surface area contributed by atoms with Gasteiger partial charge < -0.3 is 10.1 Å². The zero-order valence-corrected chi connectivity index (χ0v) is 10.0. The Morgan fingerprint density at radius 3 is 2.33 bits per heavy atom. The van der Waals surface area contributed by atoms with E-state index in [9.17, 15) is 0 Å². The summed E-state index contributed by atoms with van der Waals surface area (Å²) in [6.07, 6.45) is 3.83. The Bertz CT molecular complexity index is 161. The van der Waals surface area contributed by atoms with E-state index < -0.39 is 0 Å². The highest BCUT2D eigenvalue weighted by atomic mass is 16.5. The SMILES string of the molecule is C=CCN(CC=C)C(CNCC)COC. The lowest BCUT2D eigenvalue weighted by Crippen LogP contribution is -2.45. The molecule has 3 nitrogen and oxygen atoms in total. The molecule has 0 aliphatic rings. The van der Waals surface area contributed by atoms with Crippen molar-refractivity contribution in [1.82, 2.24) is 10.2 Å². The second-order valence-corrected chi connectivity index (χ2v) is 3.45. The fourth-order valence-electron chi connectivity index (χ4n) is 1.50. The number of hydrogen-bond acceptors (Lipinski definition) is 3. The van der Waals surface area contributed by atoms with Gasteiger partial charge in [-0.1, -0.05) is 19.1 Å². The summed E-state index contributed by atoms with van der Waals surface area (Å²) >= 11 is 0. The Kier molecular flexibility index (Phi) is 9.48. The number of nitrogens with one attached hydrogen (secondary N) is 1. The second-order valence-electron chi connectivity index (χ2n) is 3.45. The van der Waals surface area contributed by atoms with Crippen LogP contribution in [0.4, 0.5) is 0 Å². The molecule has 0 amide bonds. The molecule has 0 heterocycles. The zero-order chi connectivity index (χ0) is 11.5. The predicted octanol–water partition coefficient (Wildman–Crippen LogP) is 1.28. The van der Waals surface area contributed by atoms with Gasteiger partial charge in [-0.2, -0.15) is 0 Å². The third-order valence-corrected chi connectivity index (χ3v) is 2.23. The topological polar surface area (TPSA) is 24.5 Å². The molecule has 88 valence electrons. The van der Waals surface area contributed by atoms with Crippen molar-refractivity contribution in [3.8, 4) is 0 Å². The van der Waals surface area contributed by atoms with Gasteiger partial charge in [0.25, 0.3) is 0 Å². The maximum atomic E-state index is 5.22. The summed E-state index contributed by atoms with van der Waals surface area (Å²) in [4.78, 5) is 2.30. The van der Waals surface area contributed by atoms with Gasteiger partial charge in [-0.15, -0.1) is 13.2 Å². The Labute approximate surface area is 93.8 Å². The van der Waals surface area contributed by atoms with Crippen LogP contribution in [-0.2, 0) is 4.74 Å². The van der Waals surface area contributed by atoms with Crippen molar-refractivity contribution in [3.63, 3.8) is 0 Å². The van der Waals surface area contributed by atoms with E-state index in [1.807, 2.05) is 12.2 Å². The Morgan fingerprint density at radius 2 is 1.93 bits per heavy atom. The Hall–Kier alpha value is -0.640. The van der Waals surface area contributed by atoms with Crippen LogP contribution in [0.15, 0.2) is 25.3 Å². The molecule has 1 N–H and O–H groups in total. The quantitative estimate of drug-likeness (QED) is 0.552. The van der Waals surface area contributed by atoms with Crippen LogP contribution in [0.5, 0.6) is 0 Å². The smallest absolute Gasteiger partial charge is 0.0630 e. The first-order valence-electron chi connectivity index (χ1n) is 5.45. The molecular formula is C12H24N2O. The summed E-state index contributed by atoms with van der Waals surface area (Å²) in [7, 11) is 1.74. The van der Waals surface area contributed by atoms with Crippen molar-refractivity contribution in [2.75, 3.05) is 39.9 Å². The van der Waals surface area contributed by atoms with Crippen LogP contribution in [0.25, 0.3) is 0 Å². The Balaban J connectivity index is 4.21. The largest absolute Gasteiger partial charge is 0.383 e. The van der Waals surface area contributed by atoms with Crippen molar-refractivity contribution in [3.05, 3.63) is 25.3 Å². The summed E-state index contributed by atoms with van der Waals surface area (Å²) in [5, 5.41) is 3.34. The molecule has 3 heteroatoms. The molecule has 0 aliphatic heterocycles. The van der Waals surface area contributed by atoms with Crippen molar-refractivity contribution in [2.24, 2.45) is 0 Å². The van der Waals surface area contributed by atoms with E-state index >= 15 is 0 Å². The standard InChI is InChI=1S/C12H24N2O/c1-5-8-14(9-6-2)12(11-15-4)10-13-7-3/h5-6,12-13H,1-2,7-11H2,3-4H3. The molecule has 0 rings (SSSR count). The average molecular weight is 212 g/mol. The lowest BCUT2D eigenvalue weighted by Gasteiger charge is -2.29. The van der Waals surface area contributed by atoms with Gasteiger partial charge in [0, 0.05) is 32.8 Å². The van der Waals surface area contributed by atoms with E-state index in [-0.39, 0.29) is 0 Å². The van der Waals surface area contributed by atoms with Gasteiger partial charge in [0.05, 0.1) is 6.61 Å². The highest BCUT2D eigenvalue weighted by molar-refractivity contribution is 4.85. The summed E-state index contributed by atoms with van der Waals surface area (Å²) in [5.41, 5.74) is 0. The molecule has 0 fully saturated rings. The van der Waals surface area contributed by atoms with Crippen LogP contribution in [-0.4, -0.2) is 50.8 Å². The minimum absolute atomic E-state index is 0.381. The van der Waals surface area contributed by atoms with Crippen molar-refractivity contribution >= 4 is 0 Å². The zero-order valence-electron chi connectivity index (χ0n) is 10.0. The van der Waals surface area contributed by atoms with Crippen molar-refractivity contribution < 1.29 is 4.74 Å². The van der Waals surface area contributed by atoms with Crippen LogP contribution in [0.2, 0.25) is 0 Å². The number of likely N-dealkylation sites (N-methyl/N-ethyl adjacent to an activating group) is 1. The molecule has 0 saturated heterocycles. The number of methoxy groups -OCH3 is 1. The maximum absolute atomic E-state index is 5.22. The summed E-state index contributed by atoms with van der Waals surface area (Å²) in [6.45, 7) is 14.0.